The fraction of sp³-hybridized carbons (Fsp3) is 0.533. The van der Waals surface area contributed by atoms with Crippen LogP contribution in [0.4, 0.5) is 5.82 Å². The van der Waals surface area contributed by atoms with Gasteiger partial charge in [0, 0.05) is 18.0 Å². The fourth-order valence-electron chi connectivity index (χ4n) is 2.83. The highest BCUT2D eigenvalue weighted by atomic mass is 32.1. The zero-order valence-corrected chi connectivity index (χ0v) is 13.3. The SMILES string of the molecule is Cc1sc2ncnc(N3CCC(C)(C(=O)O)CC3)c2c1C. The van der Waals surface area contributed by atoms with Gasteiger partial charge in [0.15, 0.2) is 0 Å². The molecule has 2 aromatic rings. The molecule has 1 saturated heterocycles. The van der Waals surface area contributed by atoms with Gasteiger partial charge in [0.05, 0.1) is 10.8 Å². The molecule has 6 heteroatoms. The molecule has 2 aromatic heterocycles. The molecule has 0 aliphatic carbocycles. The quantitative estimate of drug-likeness (QED) is 0.924. The summed E-state index contributed by atoms with van der Waals surface area (Å²) in [6.07, 6.45) is 2.91. The van der Waals surface area contributed by atoms with Gasteiger partial charge in [-0.3, -0.25) is 4.79 Å². The van der Waals surface area contributed by atoms with Crippen molar-refractivity contribution in [3.63, 3.8) is 0 Å². The fourth-order valence-corrected chi connectivity index (χ4v) is 3.82. The van der Waals surface area contributed by atoms with Crippen LogP contribution in [0.3, 0.4) is 0 Å². The summed E-state index contributed by atoms with van der Waals surface area (Å²) in [6, 6.07) is 0. The van der Waals surface area contributed by atoms with Crippen LogP contribution < -0.4 is 4.90 Å². The minimum atomic E-state index is -0.697. The first-order chi connectivity index (χ1) is 9.92. The molecule has 5 nitrogen and oxygen atoms in total. The highest BCUT2D eigenvalue weighted by Gasteiger charge is 2.37. The zero-order chi connectivity index (χ0) is 15.2. The van der Waals surface area contributed by atoms with Gasteiger partial charge in [-0.15, -0.1) is 11.3 Å². The highest BCUT2D eigenvalue weighted by molar-refractivity contribution is 7.18. The molecule has 1 N–H and O–H groups in total. The summed E-state index contributed by atoms with van der Waals surface area (Å²) in [5.74, 6) is 0.256. The zero-order valence-electron chi connectivity index (χ0n) is 12.5. The average molecular weight is 305 g/mol. The Hall–Kier alpha value is -1.69. The van der Waals surface area contributed by atoms with Crippen molar-refractivity contribution in [1.29, 1.82) is 0 Å². The topological polar surface area (TPSA) is 66.3 Å². The minimum absolute atomic E-state index is 0.609. The van der Waals surface area contributed by atoms with E-state index in [0.717, 1.165) is 29.1 Å². The van der Waals surface area contributed by atoms with Crippen LogP contribution in [0.15, 0.2) is 6.33 Å². The summed E-state index contributed by atoms with van der Waals surface area (Å²) < 4.78 is 0. The number of carboxylic acid groups (broad SMARTS) is 1. The van der Waals surface area contributed by atoms with E-state index in [-0.39, 0.29) is 0 Å². The van der Waals surface area contributed by atoms with E-state index >= 15 is 0 Å². The Labute approximate surface area is 127 Å². The standard InChI is InChI=1S/C15H19N3O2S/c1-9-10(2)21-13-11(9)12(16-8-17-13)18-6-4-15(3,5-7-18)14(19)20/h8H,4-7H2,1-3H3,(H,19,20). The number of aromatic nitrogens is 2. The molecular weight excluding hydrogens is 286 g/mol. The first-order valence-electron chi connectivity index (χ1n) is 7.11. The average Bonchev–Trinajstić information content (AvgIpc) is 2.75. The Kier molecular flexibility index (Phi) is 3.36. The second-order valence-corrected chi connectivity index (χ2v) is 7.22. The molecule has 0 spiro atoms. The predicted molar refractivity (Wildman–Crippen MR) is 84.1 cm³/mol. The predicted octanol–water partition coefficient (Wildman–Crippen LogP) is 3.00. The van der Waals surface area contributed by atoms with Crippen LogP contribution in [-0.4, -0.2) is 34.1 Å². The molecule has 0 amide bonds. The van der Waals surface area contributed by atoms with Crippen molar-refractivity contribution < 1.29 is 9.90 Å². The molecule has 1 fully saturated rings. The number of rotatable bonds is 2. The maximum atomic E-state index is 11.3. The van der Waals surface area contributed by atoms with Gasteiger partial charge in [-0.2, -0.15) is 0 Å². The molecule has 0 radical (unpaired) electrons. The number of carbonyl (C=O) groups is 1. The van der Waals surface area contributed by atoms with Gasteiger partial charge in [-0.25, -0.2) is 9.97 Å². The third-order valence-electron chi connectivity index (χ3n) is 4.63. The summed E-state index contributed by atoms with van der Waals surface area (Å²) >= 11 is 1.69. The molecule has 21 heavy (non-hydrogen) atoms. The normalized spacial score (nSPS) is 18.1. The van der Waals surface area contributed by atoms with Gasteiger partial charge < -0.3 is 10.0 Å². The maximum absolute atomic E-state index is 11.3. The van der Waals surface area contributed by atoms with Crippen LogP contribution >= 0.6 is 11.3 Å². The Morgan fingerprint density at radius 3 is 2.62 bits per heavy atom. The highest BCUT2D eigenvalue weighted by Crippen LogP contribution is 2.38. The lowest BCUT2D eigenvalue weighted by Gasteiger charge is -2.37. The van der Waals surface area contributed by atoms with Crippen LogP contribution in [0.1, 0.15) is 30.2 Å². The van der Waals surface area contributed by atoms with Crippen molar-refractivity contribution in [3.05, 3.63) is 16.8 Å². The van der Waals surface area contributed by atoms with Crippen molar-refractivity contribution in [1.82, 2.24) is 9.97 Å². The smallest absolute Gasteiger partial charge is 0.309 e. The van der Waals surface area contributed by atoms with Crippen molar-refractivity contribution in [3.8, 4) is 0 Å². The second-order valence-electron chi connectivity index (χ2n) is 6.01. The second kappa shape index (κ2) is 4.94. The van der Waals surface area contributed by atoms with Gasteiger partial charge in [-0.05, 0) is 39.2 Å². The minimum Gasteiger partial charge on any atom is -0.481 e. The number of piperidine rings is 1. The number of nitrogens with zero attached hydrogens (tertiary/aromatic N) is 3. The van der Waals surface area contributed by atoms with E-state index in [9.17, 15) is 9.90 Å². The molecule has 0 unspecified atom stereocenters. The largest absolute Gasteiger partial charge is 0.481 e. The third kappa shape index (κ3) is 2.27. The van der Waals surface area contributed by atoms with Gasteiger partial charge in [-0.1, -0.05) is 0 Å². The summed E-state index contributed by atoms with van der Waals surface area (Å²) in [4.78, 5) is 24.7. The number of aryl methyl sites for hydroxylation is 2. The van der Waals surface area contributed by atoms with Crippen LogP contribution in [0, 0.1) is 19.3 Å². The van der Waals surface area contributed by atoms with E-state index in [1.165, 1.54) is 10.4 Å². The number of aliphatic carboxylic acids is 1. The first kappa shape index (κ1) is 14.3. The lowest BCUT2D eigenvalue weighted by Crippen LogP contribution is -2.43. The summed E-state index contributed by atoms with van der Waals surface area (Å²) in [5, 5.41) is 10.5. The van der Waals surface area contributed by atoms with Crippen LogP contribution in [0.5, 0.6) is 0 Å². The van der Waals surface area contributed by atoms with Crippen molar-refractivity contribution in [2.75, 3.05) is 18.0 Å². The van der Waals surface area contributed by atoms with E-state index in [1.807, 2.05) is 6.92 Å². The molecule has 3 heterocycles. The summed E-state index contributed by atoms with van der Waals surface area (Å²) in [6.45, 7) is 7.49. The number of hydrogen-bond acceptors (Lipinski definition) is 5. The number of anilines is 1. The third-order valence-corrected chi connectivity index (χ3v) is 5.74. The van der Waals surface area contributed by atoms with Crippen LogP contribution in [0.25, 0.3) is 10.2 Å². The van der Waals surface area contributed by atoms with Crippen molar-refractivity contribution in [2.24, 2.45) is 5.41 Å². The van der Waals surface area contributed by atoms with Crippen LogP contribution in [0.2, 0.25) is 0 Å². The molecule has 0 atom stereocenters. The van der Waals surface area contributed by atoms with E-state index in [2.05, 4.69) is 28.7 Å². The molecule has 112 valence electrons. The molecule has 0 aromatic carbocycles. The Morgan fingerprint density at radius 1 is 1.33 bits per heavy atom. The van der Waals surface area contributed by atoms with Gasteiger partial charge >= 0.3 is 5.97 Å². The van der Waals surface area contributed by atoms with E-state index in [4.69, 9.17) is 0 Å². The van der Waals surface area contributed by atoms with E-state index in [1.54, 1.807) is 17.7 Å². The molecule has 3 rings (SSSR count). The van der Waals surface area contributed by atoms with Gasteiger partial charge in [0.25, 0.3) is 0 Å². The molecule has 1 aliphatic heterocycles. The Bertz CT molecular complexity index is 702. The van der Waals surface area contributed by atoms with Crippen molar-refractivity contribution in [2.45, 2.75) is 33.6 Å². The molecule has 1 aliphatic rings. The molecule has 0 saturated carbocycles. The number of carboxylic acids is 1. The summed E-state index contributed by atoms with van der Waals surface area (Å²) in [7, 11) is 0. The summed E-state index contributed by atoms with van der Waals surface area (Å²) in [5.41, 5.74) is 0.625. The number of fused-ring (bicyclic) bond motifs is 1. The molecule has 0 bridgehead atoms. The van der Waals surface area contributed by atoms with Gasteiger partial charge in [0.1, 0.15) is 17.0 Å². The maximum Gasteiger partial charge on any atom is 0.309 e. The van der Waals surface area contributed by atoms with E-state index in [0.29, 0.717) is 12.8 Å². The van der Waals surface area contributed by atoms with E-state index < -0.39 is 11.4 Å². The Balaban J connectivity index is 1.94. The lowest BCUT2D eigenvalue weighted by atomic mass is 9.80. The number of hydrogen-bond donors (Lipinski definition) is 1. The van der Waals surface area contributed by atoms with Gasteiger partial charge in [0.2, 0.25) is 0 Å². The number of thiophene rings is 1. The first-order valence-corrected chi connectivity index (χ1v) is 7.93. The lowest BCUT2D eigenvalue weighted by molar-refractivity contribution is -0.149. The monoisotopic (exact) mass is 305 g/mol. The Morgan fingerprint density at radius 2 is 2.00 bits per heavy atom. The van der Waals surface area contributed by atoms with Crippen molar-refractivity contribution >= 4 is 33.3 Å². The van der Waals surface area contributed by atoms with Crippen LogP contribution in [-0.2, 0) is 4.79 Å². The molecular formula is C15H19N3O2S.